The van der Waals surface area contributed by atoms with Crippen LogP contribution in [0.1, 0.15) is 0 Å². The van der Waals surface area contributed by atoms with E-state index in [0.29, 0.717) is 5.82 Å². The first-order chi connectivity index (χ1) is 26.1. The van der Waals surface area contributed by atoms with E-state index in [9.17, 15) is 4.57 Å². The molecule has 0 radical (unpaired) electrons. The van der Waals surface area contributed by atoms with Crippen LogP contribution in [-0.4, -0.2) is 16.6 Å². The fraction of sp³-hybridized carbons (Fsp3) is 0.0204. The van der Waals surface area contributed by atoms with Gasteiger partial charge in [0.1, 0.15) is 7.14 Å². The quantitative estimate of drug-likeness (QED) is 0.133. The number of hydrogen-bond donors (Lipinski definition) is 0. The van der Waals surface area contributed by atoms with E-state index < -0.39 is 7.14 Å². The van der Waals surface area contributed by atoms with Gasteiger partial charge in [-0.3, -0.25) is 0 Å². The summed E-state index contributed by atoms with van der Waals surface area (Å²) in [6.07, 6.45) is 0. The van der Waals surface area contributed by atoms with Gasteiger partial charge in [0.15, 0.2) is 5.82 Å². The van der Waals surface area contributed by atoms with Gasteiger partial charge in [-0.2, -0.15) is 0 Å². The Morgan fingerprint density at radius 1 is 0.377 bits per heavy atom. The molecule has 4 heteroatoms. The molecule has 2 heterocycles. The summed E-state index contributed by atoms with van der Waals surface area (Å²) >= 11 is 0. The molecule has 0 N–H and O–H groups in total. The van der Waals surface area contributed by atoms with Crippen molar-refractivity contribution in [2.24, 2.45) is 0 Å². The van der Waals surface area contributed by atoms with E-state index >= 15 is 0 Å². The summed E-state index contributed by atoms with van der Waals surface area (Å²) in [5.74, 6) is 0.702. The van der Waals surface area contributed by atoms with Crippen molar-refractivity contribution in [2.45, 2.75) is 0 Å². The predicted molar refractivity (Wildman–Crippen MR) is 222 cm³/mol. The number of hydrogen-bond acceptors (Lipinski definition) is 3. The third kappa shape index (κ3) is 5.08. The van der Waals surface area contributed by atoms with E-state index in [-0.39, 0.29) is 0 Å². The van der Waals surface area contributed by atoms with Crippen LogP contribution in [0, 0.1) is 0 Å². The molecule has 10 rings (SSSR count). The molecule has 0 bridgehead atoms. The zero-order valence-electron chi connectivity index (χ0n) is 29.1. The summed E-state index contributed by atoms with van der Waals surface area (Å²) in [5.41, 5.74) is 11.6. The van der Waals surface area contributed by atoms with Crippen LogP contribution in [0.2, 0.25) is 0 Å². The van der Waals surface area contributed by atoms with Gasteiger partial charge in [-0.1, -0.05) is 176 Å². The van der Waals surface area contributed by atoms with Crippen molar-refractivity contribution in [3.8, 4) is 67.3 Å². The van der Waals surface area contributed by atoms with E-state index in [1.165, 1.54) is 32.7 Å². The van der Waals surface area contributed by atoms with Crippen molar-refractivity contribution in [1.82, 2.24) is 9.97 Å². The molecule has 1 aliphatic rings. The number of nitrogens with zero attached hydrogens (tertiary/aromatic N) is 2. The van der Waals surface area contributed by atoms with Crippen molar-refractivity contribution < 1.29 is 4.57 Å². The Labute approximate surface area is 308 Å². The minimum absolute atomic E-state index is 0.702. The maximum Gasteiger partial charge on any atom is 0.160 e. The highest BCUT2D eigenvalue weighted by molar-refractivity contribution is 7.79. The van der Waals surface area contributed by atoms with E-state index in [0.717, 1.165) is 60.9 Å². The SMILES string of the molecule is CP1(=O)c2ccccc2-c2c(-c3c4ccccc4c(-c4ccc(-c5cc(-c6ccccc6)nc(-c6ccccc6)n5)cc4)c4ccccc34)cccc21. The van der Waals surface area contributed by atoms with Crippen LogP contribution in [0.15, 0.2) is 182 Å². The highest BCUT2D eigenvalue weighted by Crippen LogP contribution is 2.54. The van der Waals surface area contributed by atoms with Gasteiger partial charge < -0.3 is 4.57 Å². The molecule has 0 saturated heterocycles. The highest BCUT2D eigenvalue weighted by atomic mass is 31.2. The van der Waals surface area contributed by atoms with Crippen LogP contribution in [-0.2, 0) is 4.57 Å². The zero-order valence-corrected chi connectivity index (χ0v) is 30.0. The fourth-order valence-electron chi connectivity index (χ4n) is 8.18. The Hall–Kier alpha value is -6.41. The first kappa shape index (κ1) is 31.3. The second-order valence-corrected chi connectivity index (χ2v) is 16.6. The molecule has 1 atom stereocenters. The lowest BCUT2D eigenvalue weighted by Crippen LogP contribution is -2.08. The maximum atomic E-state index is 14.3. The Kier molecular flexibility index (Phi) is 7.32. The molecule has 0 saturated carbocycles. The summed E-state index contributed by atoms with van der Waals surface area (Å²) in [6.45, 7) is 1.91. The topological polar surface area (TPSA) is 42.9 Å². The third-order valence-corrected chi connectivity index (χ3v) is 13.2. The van der Waals surface area contributed by atoms with Crippen LogP contribution in [0.25, 0.3) is 88.8 Å². The Morgan fingerprint density at radius 2 is 0.830 bits per heavy atom. The lowest BCUT2D eigenvalue weighted by Gasteiger charge is -2.20. The minimum Gasteiger partial charge on any atom is -0.314 e. The van der Waals surface area contributed by atoms with Gasteiger partial charge >= 0.3 is 0 Å². The molecule has 0 fully saturated rings. The Bertz CT molecular complexity index is 2800. The van der Waals surface area contributed by atoms with Gasteiger partial charge in [-0.15, -0.1) is 0 Å². The minimum atomic E-state index is -2.73. The summed E-state index contributed by atoms with van der Waals surface area (Å²) in [6, 6.07) is 63.3. The second kappa shape index (κ2) is 12.4. The summed E-state index contributed by atoms with van der Waals surface area (Å²) < 4.78 is 14.3. The second-order valence-electron chi connectivity index (χ2n) is 13.8. The number of rotatable bonds is 5. The number of benzene rings is 8. The molecule has 8 aromatic carbocycles. The van der Waals surface area contributed by atoms with Crippen molar-refractivity contribution in [1.29, 1.82) is 0 Å². The van der Waals surface area contributed by atoms with Gasteiger partial charge in [-0.05, 0) is 62.1 Å². The largest absolute Gasteiger partial charge is 0.314 e. The van der Waals surface area contributed by atoms with E-state index in [4.69, 9.17) is 9.97 Å². The van der Waals surface area contributed by atoms with E-state index in [1.54, 1.807) is 0 Å². The standard InChI is InChI=1S/C49H33N2OP/c1-53(52)44-25-13-12-23-40(44)48-41(24-14-26-45(48)53)47-38-21-10-8-19-36(38)46(37-20-9-11-22-39(37)47)34-29-27-33(28-30-34)43-31-42(32-15-4-2-5-16-32)50-49(51-43)35-17-6-3-7-18-35/h2-31H,1H3. The summed E-state index contributed by atoms with van der Waals surface area (Å²) in [5, 5.41) is 6.59. The summed E-state index contributed by atoms with van der Waals surface area (Å²) in [7, 11) is -2.73. The lowest BCUT2D eigenvalue weighted by molar-refractivity contribution is 0.591. The van der Waals surface area contributed by atoms with Crippen molar-refractivity contribution >= 4 is 39.3 Å². The van der Waals surface area contributed by atoms with Crippen LogP contribution >= 0.6 is 7.14 Å². The molecule has 3 nitrogen and oxygen atoms in total. The third-order valence-electron chi connectivity index (χ3n) is 10.6. The monoisotopic (exact) mass is 696 g/mol. The average Bonchev–Trinajstić information content (AvgIpc) is 3.46. The summed E-state index contributed by atoms with van der Waals surface area (Å²) in [4.78, 5) is 10.1. The van der Waals surface area contributed by atoms with Crippen LogP contribution in [0.3, 0.4) is 0 Å². The van der Waals surface area contributed by atoms with Crippen LogP contribution in [0.4, 0.5) is 0 Å². The van der Waals surface area contributed by atoms with Crippen molar-refractivity contribution in [3.63, 3.8) is 0 Å². The highest BCUT2D eigenvalue weighted by Gasteiger charge is 2.36. The molecule has 1 unspecified atom stereocenters. The molecular formula is C49H33N2OP. The smallest absolute Gasteiger partial charge is 0.160 e. The molecule has 250 valence electrons. The molecule has 9 aromatic rings. The molecule has 1 aromatic heterocycles. The van der Waals surface area contributed by atoms with Gasteiger partial charge in [0.2, 0.25) is 0 Å². The Morgan fingerprint density at radius 3 is 1.45 bits per heavy atom. The van der Waals surface area contributed by atoms with E-state index in [2.05, 4.69) is 133 Å². The maximum absolute atomic E-state index is 14.3. The zero-order chi connectivity index (χ0) is 35.5. The van der Waals surface area contributed by atoms with Gasteiger partial charge in [-0.25, -0.2) is 9.97 Å². The molecule has 0 spiro atoms. The normalized spacial score (nSPS) is 14.7. The van der Waals surface area contributed by atoms with Gasteiger partial charge in [0, 0.05) is 32.9 Å². The van der Waals surface area contributed by atoms with Crippen molar-refractivity contribution in [3.05, 3.63) is 182 Å². The van der Waals surface area contributed by atoms with Gasteiger partial charge in [0.05, 0.1) is 11.4 Å². The molecule has 53 heavy (non-hydrogen) atoms. The van der Waals surface area contributed by atoms with Crippen LogP contribution in [0.5, 0.6) is 0 Å². The first-order valence-corrected chi connectivity index (χ1v) is 20.1. The number of aromatic nitrogens is 2. The predicted octanol–water partition coefficient (Wildman–Crippen LogP) is 12.0. The van der Waals surface area contributed by atoms with Gasteiger partial charge in [0.25, 0.3) is 0 Å². The molecule has 0 aliphatic carbocycles. The number of fused-ring (bicyclic) bond motifs is 5. The Balaban J connectivity index is 1.16. The molecule has 1 aliphatic heterocycles. The fourth-order valence-corrected chi connectivity index (χ4v) is 10.5. The molecular weight excluding hydrogens is 664 g/mol. The van der Waals surface area contributed by atoms with Crippen LogP contribution < -0.4 is 10.6 Å². The lowest BCUT2D eigenvalue weighted by atomic mass is 9.84. The first-order valence-electron chi connectivity index (χ1n) is 17.9. The van der Waals surface area contributed by atoms with E-state index in [1.807, 2.05) is 55.2 Å². The molecule has 0 amide bonds. The average molecular weight is 697 g/mol. The van der Waals surface area contributed by atoms with Crippen molar-refractivity contribution in [2.75, 3.05) is 6.66 Å².